The van der Waals surface area contributed by atoms with E-state index in [1.807, 2.05) is 12.1 Å². The minimum Gasteiger partial charge on any atom is -0.383 e. The van der Waals surface area contributed by atoms with Gasteiger partial charge in [0.05, 0.1) is 17.2 Å². The number of hydrogen-bond donors (Lipinski definition) is 0. The molecule has 0 heterocycles. The Kier molecular flexibility index (Phi) is 4.68. The van der Waals surface area contributed by atoms with Crippen molar-refractivity contribution in [3.05, 3.63) is 28.8 Å². The molecule has 1 fully saturated rings. The van der Waals surface area contributed by atoms with Gasteiger partial charge >= 0.3 is 0 Å². The lowest BCUT2D eigenvalue weighted by Crippen LogP contribution is -2.37. The molecule has 1 atom stereocenters. The molecule has 4 heteroatoms. The number of hydrogen-bond acceptors (Lipinski definition) is 3. The fourth-order valence-electron chi connectivity index (χ4n) is 2.36. The Labute approximate surface area is 119 Å². The van der Waals surface area contributed by atoms with E-state index in [9.17, 15) is 0 Å². The van der Waals surface area contributed by atoms with Gasteiger partial charge in [-0.05, 0) is 43.9 Å². The third-order valence-electron chi connectivity index (χ3n) is 3.74. The maximum absolute atomic E-state index is 8.93. The Morgan fingerprint density at radius 3 is 2.79 bits per heavy atom. The summed E-state index contributed by atoms with van der Waals surface area (Å²) in [6.45, 7) is 3.78. The summed E-state index contributed by atoms with van der Waals surface area (Å²) in [5.74, 6) is 0.770. The van der Waals surface area contributed by atoms with Gasteiger partial charge in [-0.2, -0.15) is 5.26 Å². The lowest BCUT2D eigenvalue weighted by atomic mass is 10.1. The summed E-state index contributed by atoms with van der Waals surface area (Å²) in [5, 5.41) is 9.45. The summed E-state index contributed by atoms with van der Waals surface area (Å²) in [6, 6.07) is 8.22. The fourth-order valence-corrected chi connectivity index (χ4v) is 2.58. The van der Waals surface area contributed by atoms with Gasteiger partial charge in [-0.1, -0.05) is 11.6 Å². The number of anilines is 1. The Morgan fingerprint density at radius 2 is 2.26 bits per heavy atom. The number of halogens is 1. The molecule has 1 saturated carbocycles. The summed E-state index contributed by atoms with van der Waals surface area (Å²) in [4.78, 5) is 2.33. The van der Waals surface area contributed by atoms with Crippen LogP contribution in [0.4, 0.5) is 5.69 Å². The zero-order valence-corrected chi connectivity index (χ0v) is 12.2. The van der Waals surface area contributed by atoms with E-state index in [1.54, 1.807) is 13.2 Å². The van der Waals surface area contributed by atoms with Crippen LogP contribution in [0.15, 0.2) is 18.2 Å². The monoisotopic (exact) mass is 278 g/mol. The zero-order chi connectivity index (χ0) is 13.8. The minimum atomic E-state index is 0.485. The van der Waals surface area contributed by atoms with Gasteiger partial charge in [0.1, 0.15) is 6.07 Å². The van der Waals surface area contributed by atoms with Crippen LogP contribution in [0.25, 0.3) is 0 Å². The van der Waals surface area contributed by atoms with Crippen molar-refractivity contribution in [3.8, 4) is 6.07 Å². The second-order valence-corrected chi connectivity index (χ2v) is 5.45. The Balaban J connectivity index is 2.21. The molecule has 1 unspecified atom stereocenters. The molecule has 0 aliphatic heterocycles. The highest BCUT2D eigenvalue weighted by Crippen LogP contribution is 2.37. The molecule has 102 valence electrons. The molecule has 0 aromatic heterocycles. The van der Waals surface area contributed by atoms with Crippen molar-refractivity contribution in [3.63, 3.8) is 0 Å². The maximum Gasteiger partial charge on any atom is 0.101 e. The summed E-state index contributed by atoms with van der Waals surface area (Å²) < 4.78 is 5.19. The second-order valence-electron chi connectivity index (χ2n) is 5.04. The number of benzene rings is 1. The molecule has 1 aliphatic carbocycles. The van der Waals surface area contributed by atoms with Crippen molar-refractivity contribution in [2.24, 2.45) is 5.92 Å². The van der Waals surface area contributed by atoms with Crippen LogP contribution >= 0.6 is 11.6 Å². The summed E-state index contributed by atoms with van der Waals surface area (Å²) in [5.41, 5.74) is 1.59. The average Bonchev–Trinajstić information content (AvgIpc) is 3.23. The molecule has 0 spiro atoms. The number of nitriles is 1. The standard InChI is InChI=1S/C15H19ClN2O/c1-11(12-3-4-12)18(7-8-19-2)14-6-5-13(10-17)15(16)9-14/h5-6,9,11-12H,3-4,7-8H2,1-2H3. The average molecular weight is 279 g/mol. The van der Waals surface area contributed by atoms with E-state index in [-0.39, 0.29) is 0 Å². The quantitative estimate of drug-likeness (QED) is 0.799. The van der Waals surface area contributed by atoms with Crippen LogP contribution in [0.3, 0.4) is 0 Å². The van der Waals surface area contributed by atoms with Gasteiger partial charge in [-0.3, -0.25) is 0 Å². The van der Waals surface area contributed by atoms with E-state index >= 15 is 0 Å². The predicted octanol–water partition coefficient (Wildman–Crippen LogP) is 3.46. The first kappa shape index (κ1) is 14.2. The predicted molar refractivity (Wildman–Crippen MR) is 77.6 cm³/mol. The first-order valence-electron chi connectivity index (χ1n) is 6.62. The molecule has 0 bridgehead atoms. The molecule has 0 amide bonds. The van der Waals surface area contributed by atoms with Gasteiger partial charge in [-0.15, -0.1) is 0 Å². The molecule has 3 nitrogen and oxygen atoms in total. The van der Waals surface area contributed by atoms with Crippen molar-refractivity contribution in [1.29, 1.82) is 5.26 Å². The third-order valence-corrected chi connectivity index (χ3v) is 4.05. The molecule has 19 heavy (non-hydrogen) atoms. The summed E-state index contributed by atoms with van der Waals surface area (Å²) in [6.07, 6.45) is 2.60. The lowest BCUT2D eigenvalue weighted by molar-refractivity contribution is 0.202. The molecular formula is C15H19ClN2O. The largest absolute Gasteiger partial charge is 0.383 e. The Morgan fingerprint density at radius 1 is 1.53 bits per heavy atom. The van der Waals surface area contributed by atoms with E-state index < -0.39 is 0 Å². The van der Waals surface area contributed by atoms with Crippen molar-refractivity contribution >= 4 is 17.3 Å². The first-order valence-corrected chi connectivity index (χ1v) is 7.00. The van der Waals surface area contributed by atoms with Gasteiger partial charge < -0.3 is 9.64 Å². The molecule has 1 aromatic carbocycles. The smallest absolute Gasteiger partial charge is 0.101 e. The molecule has 1 aromatic rings. The molecule has 0 N–H and O–H groups in total. The highest BCUT2D eigenvalue weighted by molar-refractivity contribution is 6.32. The van der Waals surface area contributed by atoms with E-state index in [0.717, 1.165) is 18.2 Å². The Hall–Kier alpha value is -1.24. The number of ether oxygens (including phenoxy) is 1. The molecule has 2 rings (SSSR count). The topological polar surface area (TPSA) is 36.3 Å². The van der Waals surface area contributed by atoms with Crippen LogP contribution in [0, 0.1) is 17.2 Å². The third kappa shape index (κ3) is 3.40. The van der Waals surface area contributed by atoms with Crippen LogP contribution in [0.1, 0.15) is 25.3 Å². The van der Waals surface area contributed by atoms with E-state index in [2.05, 4.69) is 17.9 Å². The van der Waals surface area contributed by atoms with Crippen LogP contribution in [-0.4, -0.2) is 26.3 Å². The summed E-state index contributed by atoms with van der Waals surface area (Å²) in [7, 11) is 1.71. The van der Waals surface area contributed by atoms with Gasteiger partial charge in [-0.25, -0.2) is 0 Å². The highest BCUT2D eigenvalue weighted by Gasteiger charge is 2.32. The van der Waals surface area contributed by atoms with E-state index in [1.165, 1.54) is 12.8 Å². The molecule has 0 saturated heterocycles. The first-order chi connectivity index (χ1) is 9.17. The van der Waals surface area contributed by atoms with Crippen LogP contribution in [0.2, 0.25) is 5.02 Å². The van der Waals surface area contributed by atoms with E-state index in [0.29, 0.717) is 23.2 Å². The van der Waals surface area contributed by atoms with Crippen LogP contribution < -0.4 is 4.90 Å². The molecular weight excluding hydrogens is 260 g/mol. The number of rotatable bonds is 6. The maximum atomic E-state index is 8.93. The molecule has 1 aliphatic rings. The SMILES string of the molecule is COCCN(c1ccc(C#N)c(Cl)c1)C(C)C1CC1. The van der Waals surface area contributed by atoms with E-state index in [4.69, 9.17) is 21.6 Å². The normalized spacial score (nSPS) is 15.9. The Bertz CT molecular complexity index is 480. The van der Waals surface area contributed by atoms with Gasteiger partial charge in [0.15, 0.2) is 0 Å². The van der Waals surface area contributed by atoms with Crippen molar-refractivity contribution in [2.45, 2.75) is 25.8 Å². The fraction of sp³-hybridized carbons (Fsp3) is 0.533. The molecule has 0 radical (unpaired) electrons. The van der Waals surface area contributed by atoms with Gasteiger partial charge in [0.25, 0.3) is 0 Å². The van der Waals surface area contributed by atoms with Crippen LogP contribution in [-0.2, 0) is 4.74 Å². The minimum absolute atomic E-state index is 0.485. The lowest BCUT2D eigenvalue weighted by Gasteiger charge is -2.31. The number of nitrogens with zero attached hydrogens (tertiary/aromatic N) is 2. The van der Waals surface area contributed by atoms with Gasteiger partial charge in [0.2, 0.25) is 0 Å². The number of methoxy groups -OCH3 is 1. The van der Waals surface area contributed by atoms with Crippen molar-refractivity contribution in [2.75, 3.05) is 25.2 Å². The van der Waals surface area contributed by atoms with Crippen molar-refractivity contribution < 1.29 is 4.74 Å². The van der Waals surface area contributed by atoms with Crippen molar-refractivity contribution in [1.82, 2.24) is 0 Å². The van der Waals surface area contributed by atoms with Gasteiger partial charge in [0, 0.05) is 25.4 Å². The highest BCUT2D eigenvalue weighted by atomic mass is 35.5. The second kappa shape index (κ2) is 6.27. The summed E-state index contributed by atoms with van der Waals surface area (Å²) >= 11 is 6.13. The zero-order valence-electron chi connectivity index (χ0n) is 11.4. The van der Waals surface area contributed by atoms with Crippen LogP contribution in [0.5, 0.6) is 0 Å².